The SMILES string of the molecule is O=NC(CBr)c1cnc(Br)cn1. The fourth-order valence-electron chi connectivity index (χ4n) is 0.656. The van der Waals surface area contributed by atoms with Gasteiger partial charge in [0.25, 0.3) is 0 Å². The smallest absolute Gasteiger partial charge is 0.145 e. The predicted octanol–water partition coefficient (Wildman–Crippen LogP) is 2.44. The number of hydrogen-bond acceptors (Lipinski definition) is 4. The standard InChI is InChI=1S/C6H5Br2N3O/c7-1-4(11-12)5-2-10-6(8)3-9-5/h2-4H,1H2. The molecule has 1 aromatic heterocycles. The first-order valence-corrected chi connectivity index (χ1v) is 5.05. The van der Waals surface area contributed by atoms with E-state index in [1.807, 2.05) is 0 Å². The quantitative estimate of drug-likeness (QED) is 0.635. The van der Waals surface area contributed by atoms with Crippen LogP contribution < -0.4 is 0 Å². The van der Waals surface area contributed by atoms with Crippen LogP contribution in [0.1, 0.15) is 11.7 Å². The topological polar surface area (TPSA) is 55.2 Å². The minimum atomic E-state index is -0.453. The van der Waals surface area contributed by atoms with Gasteiger partial charge < -0.3 is 0 Å². The van der Waals surface area contributed by atoms with Crippen molar-refractivity contribution in [1.29, 1.82) is 0 Å². The molecule has 0 aliphatic heterocycles. The molecule has 0 amide bonds. The van der Waals surface area contributed by atoms with Crippen molar-refractivity contribution in [3.63, 3.8) is 0 Å². The van der Waals surface area contributed by atoms with E-state index < -0.39 is 6.04 Å². The van der Waals surface area contributed by atoms with Crippen molar-refractivity contribution < 1.29 is 0 Å². The van der Waals surface area contributed by atoms with Gasteiger partial charge in [-0.3, -0.25) is 4.98 Å². The van der Waals surface area contributed by atoms with Gasteiger partial charge in [-0.2, -0.15) is 4.91 Å². The molecule has 0 saturated heterocycles. The molecule has 0 bridgehead atoms. The second-order valence-electron chi connectivity index (χ2n) is 2.04. The molecule has 0 aliphatic carbocycles. The van der Waals surface area contributed by atoms with Gasteiger partial charge in [-0.05, 0) is 15.9 Å². The number of alkyl halides is 1. The second-order valence-corrected chi connectivity index (χ2v) is 3.50. The molecule has 0 N–H and O–H groups in total. The summed E-state index contributed by atoms with van der Waals surface area (Å²) in [7, 11) is 0. The summed E-state index contributed by atoms with van der Waals surface area (Å²) in [5.41, 5.74) is 0.574. The van der Waals surface area contributed by atoms with Gasteiger partial charge in [0.15, 0.2) is 0 Å². The van der Waals surface area contributed by atoms with Crippen LogP contribution in [-0.4, -0.2) is 15.3 Å². The molecule has 1 unspecified atom stereocenters. The normalized spacial score (nSPS) is 12.5. The van der Waals surface area contributed by atoms with E-state index in [4.69, 9.17) is 0 Å². The van der Waals surface area contributed by atoms with E-state index in [2.05, 4.69) is 47.0 Å². The summed E-state index contributed by atoms with van der Waals surface area (Å²) < 4.78 is 0.644. The zero-order valence-corrected chi connectivity index (χ0v) is 9.12. The second kappa shape index (κ2) is 4.61. The molecule has 0 aliphatic rings. The first kappa shape index (κ1) is 9.73. The highest BCUT2D eigenvalue weighted by Gasteiger charge is 2.11. The number of nitroso groups, excluding NO2 is 1. The lowest BCUT2D eigenvalue weighted by atomic mass is 10.3. The van der Waals surface area contributed by atoms with Gasteiger partial charge in [-0.15, -0.1) is 0 Å². The highest BCUT2D eigenvalue weighted by Crippen LogP contribution is 2.16. The van der Waals surface area contributed by atoms with Crippen molar-refractivity contribution >= 4 is 31.9 Å². The molecule has 0 aromatic carbocycles. The molecule has 0 saturated carbocycles. The molecule has 12 heavy (non-hydrogen) atoms. The summed E-state index contributed by atoms with van der Waals surface area (Å²) in [5.74, 6) is 0. The van der Waals surface area contributed by atoms with Crippen molar-refractivity contribution in [3.8, 4) is 0 Å². The zero-order chi connectivity index (χ0) is 8.97. The lowest BCUT2D eigenvalue weighted by Gasteiger charge is -2.02. The lowest BCUT2D eigenvalue weighted by Crippen LogP contribution is -1.99. The average molecular weight is 295 g/mol. The molecule has 1 rings (SSSR count). The van der Waals surface area contributed by atoms with Crippen LogP contribution in [0.25, 0.3) is 0 Å². The predicted molar refractivity (Wildman–Crippen MR) is 52.1 cm³/mol. The zero-order valence-electron chi connectivity index (χ0n) is 5.94. The van der Waals surface area contributed by atoms with Gasteiger partial charge >= 0.3 is 0 Å². The Morgan fingerprint density at radius 3 is 2.67 bits per heavy atom. The minimum absolute atomic E-state index is 0.453. The number of hydrogen-bond donors (Lipinski definition) is 0. The first-order chi connectivity index (χ1) is 5.77. The summed E-state index contributed by atoms with van der Waals surface area (Å²) in [6.45, 7) is 0. The van der Waals surface area contributed by atoms with Gasteiger partial charge in [0.1, 0.15) is 10.6 Å². The number of rotatable bonds is 3. The number of halogens is 2. The van der Waals surface area contributed by atoms with E-state index >= 15 is 0 Å². The van der Waals surface area contributed by atoms with Crippen molar-refractivity contribution in [2.75, 3.05) is 5.33 Å². The van der Waals surface area contributed by atoms with E-state index in [0.29, 0.717) is 15.6 Å². The molecule has 4 nitrogen and oxygen atoms in total. The highest BCUT2D eigenvalue weighted by molar-refractivity contribution is 9.10. The Hall–Kier alpha value is -0.360. The van der Waals surface area contributed by atoms with Crippen LogP contribution in [0.15, 0.2) is 22.2 Å². The Morgan fingerprint density at radius 2 is 2.25 bits per heavy atom. The molecule has 64 valence electrons. The van der Waals surface area contributed by atoms with Crippen LogP contribution >= 0.6 is 31.9 Å². The molecular weight excluding hydrogens is 290 g/mol. The lowest BCUT2D eigenvalue weighted by molar-refractivity contribution is 0.781. The molecule has 1 heterocycles. The third-order valence-electron chi connectivity index (χ3n) is 1.26. The van der Waals surface area contributed by atoms with Crippen LogP contribution in [0.2, 0.25) is 0 Å². The van der Waals surface area contributed by atoms with E-state index in [1.54, 1.807) is 0 Å². The third-order valence-corrected chi connectivity index (χ3v) is 2.28. The highest BCUT2D eigenvalue weighted by atomic mass is 79.9. The van der Waals surface area contributed by atoms with Gasteiger partial charge in [0, 0.05) is 5.33 Å². The van der Waals surface area contributed by atoms with Gasteiger partial charge in [-0.25, -0.2) is 4.98 Å². The van der Waals surface area contributed by atoms with E-state index in [0.717, 1.165) is 0 Å². The Morgan fingerprint density at radius 1 is 1.50 bits per heavy atom. The number of aromatic nitrogens is 2. The van der Waals surface area contributed by atoms with Crippen LogP contribution in [0.4, 0.5) is 0 Å². The molecule has 6 heteroatoms. The fraction of sp³-hybridized carbons (Fsp3) is 0.333. The summed E-state index contributed by atoms with van der Waals surface area (Å²) in [6.07, 6.45) is 3.06. The molecular formula is C6H5Br2N3O. The Labute approximate surface area is 86.0 Å². The molecule has 1 atom stereocenters. The van der Waals surface area contributed by atoms with Crippen molar-refractivity contribution in [2.24, 2.45) is 5.18 Å². The molecule has 0 radical (unpaired) electrons. The van der Waals surface area contributed by atoms with Crippen LogP contribution in [0, 0.1) is 4.91 Å². The molecule has 0 spiro atoms. The Balaban J connectivity index is 2.87. The van der Waals surface area contributed by atoms with Crippen LogP contribution in [-0.2, 0) is 0 Å². The third kappa shape index (κ3) is 2.31. The largest absolute Gasteiger partial charge is 0.254 e. The molecule has 1 aromatic rings. The fourth-order valence-corrected chi connectivity index (χ4v) is 1.31. The van der Waals surface area contributed by atoms with Gasteiger partial charge in [-0.1, -0.05) is 21.1 Å². The van der Waals surface area contributed by atoms with Gasteiger partial charge in [0.05, 0.1) is 18.1 Å². The van der Waals surface area contributed by atoms with Gasteiger partial charge in [0.2, 0.25) is 0 Å². The van der Waals surface area contributed by atoms with E-state index in [9.17, 15) is 4.91 Å². The maximum absolute atomic E-state index is 10.3. The Kier molecular flexibility index (Phi) is 3.74. The number of nitrogens with zero attached hydrogens (tertiary/aromatic N) is 3. The maximum atomic E-state index is 10.3. The Bertz CT molecular complexity index is 264. The summed E-state index contributed by atoms with van der Waals surface area (Å²) in [6, 6.07) is -0.453. The summed E-state index contributed by atoms with van der Waals surface area (Å²) >= 11 is 6.30. The van der Waals surface area contributed by atoms with E-state index in [1.165, 1.54) is 12.4 Å². The first-order valence-electron chi connectivity index (χ1n) is 3.13. The summed E-state index contributed by atoms with van der Waals surface area (Å²) in [5, 5.41) is 3.36. The van der Waals surface area contributed by atoms with Crippen molar-refractivity contribution in [2.45, 2.75) is 6.04 Å². The van der Waals surface area contributed by atoms with Crippen molar-refractivity contribution in [3.05, 3.63) is 27.6 Å². The van der Waals surface area contributed by atoms with Crippen molar-refractivity contribution in [1.82, 2.24) is 9.97 Å². The van der Waals surface area contributed by atoms with E-state index in [-0.39, 0.29) is 0 Å². The maximum Gasteiger partial charge on any atom is 0.145 e. The minimum Gasteiger partial charge on any atom is -0.254 e. The van der Waals surface area contributed by atoms with Crippen LogP contribution in [0.3, 0.4) is 0 Å². The molecule has 0 fully saturated rings. The average Bonchev–Trinajstić information content (AvgIpc) is 2.10. The van der Waals surface area contributed by atoms with Crippen LogP contribution in [0.5, 0.6) is 0 Å². The monoisotopic (exact) mass is 293 g/mol. The summed E-state index contributed by atoms with van der Waals surface area (Å²) in [4.78, 5) is 18.2.